The molecule has 0 spiro atoms. The summed E-state index contributed by atoms with van der Waals surface area (Å²) in [4.78, 5) is 36.9. The molecular weight excluding hydrogens is 492 g/mol. The zero-order chi connectivity index (χ0) is 27.2. The molecule has 1 aromatic carbocycles. The summed E-state index contributed by atoms with van der Waals surface area (Å²) < 4.78 is 6.54. The maximum Gasteiger partial charge on any atom is 0.415 e. The molecule has 3 heterocycles. The van der Waals surface area contributed by atoms with Crippen molar-refractivity contribution in [3.05, 3.63) is 48.2 Å². The highest BCUT2D eigenvalue weighted by molar-refractivity contribution is 5.79. The van der Waals surface area contributed by atoms with Crippen LogP contribution in [0.4, 0.5) is 16.6 Å². The molecule has 1 amide bonds. The normalized spacial score (nSPS) is 13.8. The fourth-order valence-electron chi connectivity index (χ4n) is 4.32. The van der Waals surface area contributed by atoms with Gasteiger partial charge in [0, 0.05) is 44.7 Å². The van der Waals surface area contributed by atoms with E-state index in [4.69, 9.17) is 4.74 Å². The molecule has 0 aliphatic carbocycles. The summed E-state index contributed by atoms with van der Waals surface area (Å²) >= 11 is 0. The Labute approximate surface area is 220 Å². The van der Waals surface area contributed by atoms with Crippen LogP contribution in [-0.2, 0) is 11.2 Å². The van der Waals surface area contributed by atoms with E-state index in [0.29, 0.717) is 43.4 Å². The van der Waals surface area contributed by atoms with Crippen LogP contribution in [0.1, 0.15) is 32.3 Å². The Bertz CT molecular complexity index is 1250. The number of aliphatic carboxylic acids is 1. The number of ether oxygens (including phenoxy) is 1. The van der Waals surface area contributed by atoms with Gasteiger partial charge in [0.15, 0.2) is 17.6 Å². The number of hydrogen-bond donors (Lipinski definition) is 4. The molecule has 4 rings (SSSR count). The lowest BCUT2D eigenvalue weighted by atomic mass is 10.1. The van der Waals surface area contributed by atoms with E-state index < -0.39 is 18.1 Å². The highest BCUT2D eigenvalue weighted by Crippen LogP contribution is 2.31. The zero-order valence-electron chi connectivity index (χ0n) is 21.4. The molecule has 38 heavy (non-hydrogen) atoms. The summed E-state index contributed by atoms with van der Waals surface area (Å²) in [6, 6.07) is 8.19. The van der Waals surface area contributed by atoms with Crippen molar-refractivity contribution in [2.24, 2.45) is 0 Å². The number of hydrogen-bond acceptors (Lipinski definition) is 9. The van der Waals surface area contributed by atoms with Gasteiger partial charge in [0.2, 0.25) is 5.95 Å². The van der Waals surface area contributed by atoms with Crippen molar-refractivity contribution in [3.8, 4) is 23.2 Å². The van der Waals surface area contributed by atoms with E-state index >= 15 is 0 Å². The lowest BCUT2D eigenvalue weighted by Gasteiger charge is -2.23. The Morgan fingerprint density at radius 2 is 1.68 bits per heavy atom. The Morgan fingerprint density at radius 1 is 1.05 bits per heavy atom. The first-order valence-corrected chi connectivity index (χ1v) is 12.6. The summed E-state index contributed by atoms with van der Waals surface area (Å²) in [6.07, 6.45) is 3.04. The average Bonchev–Trinajstić information content (AvgIpc) is 3.56. The molecule has 1 saturated heterocycles. The number of anilines is 2. The van der Waals surface area contributed by atoms with Gasteiger partial charge in [-0.3, -0.25) is 0 Å². The first kappa shape index (κ1) is 26.6. The van der Waals surface area contributed by atoms with Crippen LogP contribution in [0.15, 0.2) is 42.6 Å². The molecule has 1 aliphatic heterocycles. The second-order valence-electron chi connectivity index (χ2n) is 8.91. The molecule has 0 saturated carbocycles. The Kier molecular flexibility index (Phi) is 8.19. The van der Waals surface area contributed by atoms with E-state index in [1.165, 1.54) is 18.3 Å². The van der Waals surface area contributed by atoms with Crippen LogP contribution in [0.25, 0.3) is 5.69 Å². The van der Waals surface area contributed by atoms with E-state index in [9.17, 15) is 24.9 Å². The maximum atomic E-state index is 12.2. The average molecular weight is 525 g/mol. The number of amides is 1. The maximum absolute atomic E-state index is 12.2. The Hall–Kier alpha value is -4.48. The number of aromatic nitrogens is 3. The number of aromatic hydroxyl groups is 2. The van der Waals surface area contributed by atoms with Gasteiger partial charge < -0.3 is 35.2 Å². The number of nitrogens with zero attached hydrogens (tertiary/aromatic N) is 5. The standard InChI is InChI=1S/C26H32N6O6/c1-3-30(4-2)25-27-16-20(32-21(33)11-12-22(32)34)23(29-25)28-19(24(35)36)15-17-7-9-18(10-8-17)38-26(37)31-13-5-6-14-31/h7-12,16,19,33-34H,3-6,13-15H2,1-2H3,(H,35,36)(H,27,28,29). The third-order valence-corrected chi connectivity index (χ3v) is 6.43. The van der Waals surface area contributed by atoms with Crippen molar-refractivity contribution < 1.29 is 29.6 Å². The van der Waals surface area contributed by atoms with Gasteiger partial charge >= 0.3 is 12.1 Å². The quantitative estimate of drug-likeness (QED) is 0.311. The van der Waals surface area contributed by atoms with Crippen molar-refractivity contribution in [1.82, 2.24) is 19.4 Å². The number of carboxylic acids is 1. The van der Waals surface area contributed by atoms with E-state index in [2.05, 4.69) is 15.3 Å². The number of carbonyl (C=O) groups excluding carboxylic acids is 1. The van der Waals surface area contributed by atoms with Gasteiger partial charge in [-0.1, -0.05) is 12.1 Å². The van der Waals surface area contributed by atoms with Crippen molar-refractivity contribution in [1.29, 1.82) is 0 Å². The van der Waals surface area contributed by atoms with Crippen LogP contribution < -0.4 is 15.0 Å². The number of rotatable bonds is 10. The predicted molar refractivity (Wildman–Crippen MR) is 140 cm³/mol. The third kappa shape index (κ3) is 5.90. The summed E-state index contributed by atoms with van der Waals surface area (Å²) in [6.45, 7) is 6.52. The van der Waals surface area contributed by atoms with Gasteiger partial charge in [0.05, 0.1) is 6.20 Å². The lowest BCUT2D eigenvalue weighted by Crippen LogP contribution is -2.33. The SMILES string of the molecule is CCN(CC)c1ncc(-n2c(O)ccc2O)c(NC(Cc2ccc(OC(=O)N3CCCC3)cc2)C(=O)O)n1. The number of carbonyl (C=O) groups is 2. The molecule has 1 fully saturated rings. The fourth-order valence-corrected chi connectivity index (χ4v) is 4.32. The molecule has 2 aromatic heterocycles. The van der Waals surface area contributed by atoms with Crippen LogP contribution in [0.2, 0.25) is 0 Å². The number of benzene rings is 1. The molecule has 1 unspecified atom stereocenters. The molecule has 1 aliphatic rings. The van der Waals surface area contributed by atoms with Crippen molar-refractivity contribution in [3.63, 3.8) is 0 Å². The van der Waals surface area contributed by atoms with Gasteiger partial charge in [-0.05, 0) is 44.4 Å². The number of carboxylic acid groups (broad SMARTS) is 1. The van der Waals surface area contributed by atoms with Crippen LogP contribution in [0, 0.1) is 0 Å². The van der Waals surface area contributed by atoms with Crippen LogP contribution in [-0.4, -0.2) is 79.0 Å². The lowest BCUT2D eigenvalue weighted by molar-refractivity contribution is -0.137. The molecule has 202 valence electrons. The summed E-state index contributed by atoms with van der Waals surface area (Å²) in [5.74, 6) is -0.741. The minimum absolute atomic E-state index is 0.0867. The minimum Gasteiger partial charge on any atom is -0.494 e. The second kappa shape index (κ2) is 11.7. The molecule has 0 bridgehead atoms. The van der Waals surface area contributed by atoms with E-state index in [-0.39, 0.29) is 29.7 Å². The first-order chi connectivity index (χ1) is 18.3. The molecule has 0 radical (unpaired) electrons. The highest BCUT2D eigenvalue weighted by atomic mass is 16.6. The number of nitrogens with one attached hydrogen (secondary N) is 1. The monoisotopic (exact) mass is 524 g/mol. The van der Waals surface area contributed by atoms with Crippen molar-refractivity contribution in [2.45, 2.75) is 39.2 Å². The topological polar surface area (TPSA) is 153 Å². The van der Waals surface area contributed by atoms with Crippen LogP contribution in [0.3, 0.4) is 0 Å². The molecular formula is C26H32N6O6. The fraction of sp³-hybridized carbons (Fsp3) is 0.385. The van der Waals surface area contributed by atoms with Crippen LogP contribution in [0.5, 0.6) is 17.5 Å². The summed E-state index contributed by atoms with van der Waals surface area (Å²) in [5, 5.41) is 33.5. The van der Waals surface area contributed by atoms with Crippen LogP contribution >= 0.6 is 0 Å². The number of likely N-dealkylation sites (tertiary alicyclic amines) is 1. The van der Waals surface area contributed by atoms with E-state index in [1.54, 1.807) is 29.2 Å². The van der Waals surface area contributed by atoms with E-state index in [0.717, 1.165) is 17.4 Å². The van der Waals surface area contributed by atoms with Crippen molar-refractivity contribution >= 4 is 23.8 Å². The summed E-state index contributed by atoms with van der Waals surface area (Å²) in [5.41, 5.74) is 0.883. The molecule has 12 heteroatoms. The highest BCUT2D eigenvalue weighted by Gasteiger charge is 2.24. The molecule has 1 atom stereocenters. The molecule has 3 aromatic rings. The Morgan fingerprint density at radius 3 is 2.26 bits per heavy atom. The third-order valence-electron chi connectivity index (χ3n) is 6.43. The molecule has 4 N–H and O–H groups in total. The predicted octanol–water partition coefficient (Wildman–Crippen LogP) is 3.23. The Balaban J connectivity index is 1.57. The summed E-state index contributed by atoms with van der Waals surface area (Å²) in [7, 11) is 0. The van der Waals surface area contributed by atoms with Gasteiger partial charge in [0.25, 0.3) is 0 Å². The smallest absolute Gasteiger partial charge is 0.415 e. The zero-order valence-corrected chi connectivity index (χ0v) is 21.4. The van der Waals surface area contributed by atoms with E-state index in [1.807, 2.05) is 18.7 Å². The minimum atomic E-state index is -1.12. The second-order valence-corrected chi connectivity index (χ2v) is 8.91. The van der Waals surface area contributed by atoms with Crippen molar-refractivity contribution in [2.75, 3.05) is 36.4 Å². The largest absolute Gasteiger partial charge is 0.494 e. The molecule has 12 nitrogen and oxygen atoms in total. The van der Waals surface area contributed by atoms with Gasteiger partial charge in [-0.15, -0.1) is 0 Å². The first-order valence-electron chi connectivity index (χ1n) is 12.6. The van der Waals surface area contributed by atoms with Gasteiger partial charge in [0.1, 0.15) is 17.5 Å². The van der Waals surface area contributed by atoms with Gasteiger partial charge in [-0.25, -0.2) is 19.1 Å². The van der Waals surface area contributed by atoms with Gasteiger partial charge in [-0.2, -0.15) is 4.98 Å².